The Bertz CT molecular complexity index is 1570. The first-order valence-electron chi connectivity index (χ1n) is 13.9. The number of aromatic nitrogens is 2. The molecule has 1 saturated heterocycles. The monoisotopic (exact) mass is 603 g/mol. The molecule has 43 heavy (non-hydrogen) atoms. The van der Waals surface area contributed by atoms with Gasteiger partial charge in [-0.3, -0.25) is 9.59 Å². The highest BCUT2D eigenvalue weighted by molar-refractivity contribution is 7.09. The minimum atomic E-state index is -1.16. The maximum absolute atomic E-state index is 13.8. The Morgan fingerprint density at radius 2 is 1.95 bits per heavy atom. The van der Waals surface area contributed by atoms with Crippen molar-refractivity contribution in [3.8, 4) is 11.5 Å². The lowest BCUT2D eigenvalue weighted by Crippen LogP contribution is -2.54. The first-order chi connectivity index (χ1) is 20.7. The first-order valence-corrected chi connectivity index (χ1v) is 14.8. The number of nitrogens with zero attached hydrogens (tertiary/aromatic N) is 4. The number of rotatable bonds is 10. The van der Waals surface area contributed by atoms with E-state index in [4.69, 9.17) is 4.42 Å². The summed E-state index contributed by atoms with van der Waals surface area (Å²) in [5.41, 5.74) is 2.61. The molecule has 0 radical (unpaired) electrons. The predicted molar refractivity (Wildman–Crippen MR) is 160 cm³/mol. The van der Waals surface area contributed by atoms with Crippen LogP contribution in [0.5, 0.6) is 0 Å². The molecule has 1 aliphatic heterocycles. The molecule has 3 unspecified atom stereocenters. The van der Waals surface area contributed by atoms with Gasteiger partial charge in [0.15, 0.2) is 0 Å². The number of carbonyl (C=O) groups excluding carboxylic acids is 2. The molecule has 3 N–H and O–H groups in total. The van der Waals surface area contributed by atoms with Gasteiger partial charge in [-0.15, -0.1) is 11.3 Å². The number of amides is 3. The van der Waals surface area contributed by atoms with Crippen LogP contribution in [0.1, 0.15) is 49.8 Å². The summed E-state index contributed by atoms with van der Waals surface area (Å²) in [4.78, 5) is 50.5. The van der Waals surface area contributed by atoms with E-state index in [1.807, 2.05) is 42.6 Å². The van der Waals surface area contributed by atoms with Gasteiger partial charge in [-0.05, 0) is 49.9 Å². The average molecular weight is 604 g/mol. The van der Waals surface area contributed by atoms with Crippen molar-refractivity contribution in [2.24, 2.45) is 0 Å². The number of benzene rings is 2. The van der Waals surface area contributed by atoms with Crippen molar-refractivity contribution in [3.63, 3.8) is 0 Å². The van der Waals surface area contributed by atoms with Crippen molar-refractivity contribution >= 4 is 29.2 Å². The largest absolute Gasteiger partial charge is 0.465 e. The van der Waals surface area contributed by atoms with E-state index in [0.29, 0.717) is 31.5 Å². The van der Waals surface area contributed by atoms with Crippen LogP contribution < -0.4 is 5.32 Å². The third kappa shape index (κ3) is 7.09. The zero-order valence-corrected chi connectivity index (χ0v) is 24.7. The molecule has 12 heteroatoms. The summed E-state index contributed by atoms with van der Waals surface area (Å²) < 4.78 is 5.47. The van der Waals surface area contributed by atoms with Crippen LogP contribution in [-0.2, 0) is 13.0 Å². The van der Waals surface area contributed by atoms with Crippen molar-refractivity contribution in [1.29, 1.82) is 0 Å². The van der Waals surface area contributed by atoms with Gasteiger partial charge in [-0.2, -0.15) is 0 Å². The number of carbonyl (C=O) groups is 3. The molecule has 224 valence electrons. The topological polar surface area (TPSA) is 149 Å². The molecular formula is C31H33N5O6S. The summed E-state index contributed by atoms with van der Waals surface area (Å²) in [6.07, 6.45) is 2.00. The quantitative estimate of drug-likeness (QED) is 0.244. The minimum Gasteiger partial charge on any atom is -0.465 e. The third-order valence-electron chi connectivity index (χ3n) is 7.47. The highest BCUT2D eigenvalue weighted by Gasteiger charge is 2.38. The Labute approximate surface area is 252 Å². The molecule has 3 atom stereocenters. The van der Waals surface area contributed by atoms with Crippen LogP contribution >= 0.6 is 11.3 Å². The van der Waals surface area contributed by atoms with Crippen LogP contribution in [-0.4, -0.2) is 79.7 Å². The van der Waals surface area contributed by atoms with Gasteiger partial charge in [-0.25, -0.2) is 14.8 Å². The highest BCUT2D eigenvalue weighted by atomic mass is 32.1. The Hall–Kier alpha value is -4.55. The maximum atomic E-state index is 13.8. The van der Waals surface area contributed by atoms with Crippen molar-refractivity contribution in [1.82, 2.24) is 25.1 Å². The van der Waals surface area contributed by atoms with Crippen LogP contribution in [0.3, 0.4) is 0 Å². The van der Waals surface area contributed by atoms with E-state index in [-0.39, 0.29) is 29.3 Å². The summed E-state index contributed by atoms with van der Waals surface area (Å²) in [6.45, 7) is 2.51. The third-order valence-corrected chi connectivity index (χ3v) is 8.42. The molecule has 2 aromatic carbocycles. The van der Waals surface area contributed by atoms with E-state index in [0.717, 1.165) is 16.3 Å². The van der Waals surface area contributed by atoms with Gasteiger partial charge in [-0.1, -0.05) is 30.3 Å². The lowest BCUT2D eigenvalue weighted by atomic mass is 9.94. The number of aliphatic hydroxyl groups excluding tert-OH is 1. The Kier molecular flexibility index (Phi) is 9.17. The summed E-state index contributed by atoms with van der Waals surface area (Å²) >= 11 is 1.46. The minimum absolute atomic E-state index is 0.171. The molecule has 0 saturated carbocycles. The first kappa shape index (κ1) is 29.9. The van der Waals surface area contributed by atoms with Gasteiger partial charge in [0, 0.05) is 41.4 Å². The number of likely N-dealkylation sites (tertiary alicyclic amines) is 1. The van der Waals surface area contributed by atoms with Gasteiger partial charge >= 0.3 is 6.09 Å². The van der Waals surface area contributed by atoms with E-state index >= 15 is 0 Å². The zero-order valence-electron chi connectivity index (χ0n) is 23.8. The van der Waals surface area contributed by atoms with E-state index in [1.54, 1.807) is 19.2 Å². The summed E-state index contributed by atoms with van der Waals surface area (Å²) in [6, 6.07) is 12.6. The zero-order chi connectivity index (χ0) is 30.5. The Balaban J connectivity index is 1.44. The molecule has 0 spiro atoms. The smallest absolute Gasteiger partial charge is 0.407 e. The number of nitrogens with one attached hydrogen (secondary N) is 1. The van der Waals surface area contributed by atoms with E-state index < -0.39 is 30.2 Å². The van der Waals surface area contributed by atoms with Gasteiger partial charge in [0.25, 0.3) is 11.8 Å². The molecule has 11 nitrogen and oxygen atoms in total. The normalized spacial score (nSPS) is 16.1. The fourth-order valence-corrected chi connectivity index (χ4v) is 6.20. The van der Waals surface area contributed by atoms with E-state index in [2.05, 4.69) is 15.3 Å². The number of oxazole rings is 1. The van der Waals surface area contributed by atoms with Crippen molar-refractivity contribution < 1.29 is 29.0 Å². The summed E-state index contributed by atoms with van der Waals surface area (Å²) in [7, 11) is 1.67. The van der Waals surface area contributed by atoms with Crippen LogP contribution in [0.2, 0.25) is 0 Å². The molecule has 3 heterocycles. The molecule has 1 aliphatic rings. The maximum Gasteiger partial charge on any atom is 0.407 e. The van der Waals surface area contributed by atoms with Crippen LogP contribution in [0.4, 0.5) is 4.79 Å². The fourth-order valence-electron chi connectivity index (χ4n) is 5.37. The molecule has 0 bridgehead atoms. The average Bonchev–Trinajstić information content (AvgIpc) is 3.79. The van der Waals surface area contributed by atoms with Crippen molar-refractivity contribution in [3.05, 3.63) is 93.8 Å². The number of hydrogen-bond acceptors (Lipinski definition) is 8. The number of hydrogen-bond donors (Lipinski definition) is 3. The highest BCUT2D eigenvalue weighted by Crippen LogP contribution is 2.26. The van der Waals surface area contributed by atoms with E-state index in [9.17, 15) is 24.6 Å². The van der Waals surface area contributed by atoms with Gasteiger partial charge in [0.05, 0.1) is 30.9 Å². The number of aryl methyl sites for hydroxylation is 1. The van der Waals surface area contributed by atoms with Crippen molar-refractivity contribution in [2.45, 2.75) is 50.9 Å². The van der Waals surface area contributed by atoms with Crippen molar-refractivity contribution in [2.75, 3.05) is 13.6 Å². The SMILES string of the molecule is Cc1csc(CN(C)C(=O)c2cc(C(=O)NC(Cc3ccccc3)C(O)C3CCCN3C(=O)O)cc(-c3ncco3)c2)n1. The van der Waals surface area contributed by atoms with Gasteiger partial charge < -0.3 is 29.7 Å². The number of thiazole rings is 1. The number of aliphatic hydroxyl groups is 1. The lowest BCUT2D eigenvalue weighted by Gasteiger charge is -2.32. The molecule has 3 amide bonds. The number of carboxylic acid groups (broad SMARTS) is 1. The summed E-state index contributed by atoms with van der Waals surface area (Å²) in [5.74, 6) is -0.606. The molecule has 5 rings (SSSR count). The Morgan fingerprint density at radius 3 is 2.63 bits per heavy atom. The predicted octanol–water partition coefficient (Wildman–Crippen LogP) is 4.22. The van der Waals surface area contributed by atoms with Gasteiger partial charge in [0.2, 0.25) is 5.89 Å². The molecule has 4 aromatic rings. The van der Waals surface area contributed by atoms with Crippen LogP contribution in [0, 0.1) is 6.92 Å². The molecular weight excluding hydrogens is 570 g/mol. The fraction of sp³-hybridized carbons (Fsp3) is 0.323. The second kappa shape index (κ2) is 13.2. The Morgan fingerprint density at radius 1 is 1.19 bits per heavy atom. The second-order valence-corrected chi connectivity index (χ2v) is 11.6. The van der Waals surface area contributed by atoms with Gasteiger partial charge in [0.1, 0.15) is 11.3 Å². The summed E-state index contributed by atoms with van der Waals surface area (Å²) in [5, 5.41) is 26.8. The standard InChI is InChI=1S/C31H33N5O6S/c1-19-18-43-26(33-19)17-35(2)30(39)23-15-21(14-22(16-23)29-32-10-12-42-29)28(38)34-24(13-20-7-4-3-5-8-20)27(37)25-9-6-11-36(25)31(40)41/h3-5,7-8,10,12,14-16,18,24-25,27,37H,6,9,11,13,17H2,1-2H3,(H,34,38)(H,40,41). The molecule has 1 fully saturated rings. The van der Waals surface area contributed by atoms with E-state index in [1.165, 1.54) is 39.7 Å². The van der Waals surface area contributed by atoms with Crippen LogP contribution in [0.15, 0.2) is 70.8 Å². The lowest BCUT2D eigenvalue weighted by molar-refractivity contribution is 0.0412. The van der Waals surface area contributed by atoms with Crippen LogP contribution in [0.25, 0.3) is 11.5 Å². The second-order valence-electron chi connectivity index (χ2n) is 10.6. The molecule has 2 aromatic heterocycles. The molecule has 0 aliphatic carbocycles.